The Bertz CT molecular complexity index is 3660. The number of nitrogens with one attached hydrogen (secondary N) is 3. The first-order valence-corrected chi connectivity index (χ1v) is 37.7. The fourth-order valence-corrected chi connectivity index (χ4v) is 20.1. The van der Waals surface area contributed by atoms with Crippen LogP contribution in [0.3, 0.4) is 0 Å². The Balaban J connectivity index is 0.000000148. The first-order chi connectivity index (χ1) is 44.4. The van der Waals surface area contributed by atoms with Crippen LogP contribution in [0.1, 0.15) is 95.0 Å². The molecule has 0 atom stereocenters. The summed E-state index contributed by atoms with van der Waals surface area (Å²) in [5.74, 6) is 0.984. The molecule has 8 fully saturated rings. The number of ether oxygens (including phenoxy) is 4. The summed E-state index contributed by atoms with van der Waals surface area (Å²) in [5, 5.41) is 40.4. The number of hydrogen-bond acceptors (Lipinski definition) is 23. The van der Waals surface area contributed by atoms with E-state index >= 15 is 0 Å². The number of aliphatic hydroxyl groups is 1. The summed E-state index contributed by atoms with van der Waals surface area (Å²) in [7, 11) is -14.6. The number of carbonyl (C=O) groups is 2. The van der Waals surface area contributed by atoms with Gasteiger partial charge in [0.15, 0.2) is 5.78 Å². The van der Waals surface area contributed by atoms with Crippen LogP contribution >= 0.6 is 11.8 Å². The number of benzene rings is 4. The van der Waals surface area contributed by atoms with Crippen molar-refractivity contribution in [2.24, 2.45) is 0 Å². The van der Waals surface area contributed by atoms with Gasteiger partial charge in [0.05, 0.1) is 60.7 Å². The monoisotopic (exact) mass is 1410 g/mol. The Morgan fingerprint density at radius 3 is 1.39 bits per heavy atom. The van der Waals surface area contributed by atoms with Crippen molar-refractivity contribution in [3.05, 3.63) is 128 Å². The summed E-state index contributed by atoms with van der Waals surface area (Å²) in [4.78, 5) is 46.0. The van der Waals surface area contributed by atoms with Crippen molar-refractivity contribution in [3.63, 3.8) is 0 Å². The van der Waals surface area contributed by atoms with Gasteiger partial charge in [-0.15, -0.1) is 11.8 Å². The Morgan fingerprint density at radius 2 is 0.989 bits per heavy atom. The smallest absolute Gasteiger partial charge is 0.410 e. The van der Waals surface area contributed by atoms with Gasteiger partial charge in [-0.25, -0.2) is 38.5 Å². The number of aliphatic hydroxyl groups excluding tert-OH is 1. The minimum atomic E-state index is -3.75. The van der Waals surface area contributed by atoms with Crippen molar-refractivity contribution in [1.82, 2.24) is 38.1 Å². The Labute approximate surface area is 552 Å². The molecule has 34 heteroatoms. The molecule has 4 spiro atoms. The third-order valence-corrected chi connectivity index (χ3v) is 26.9. The second kappa shape index (κ2) is 29.6. The largest absolute Gasteiger partial charge is 0.444 e. The van der Waals surface area contributed by atoms with E-state index in [1.807, 2.05) is 32.5 Å². The lowest BCUT2D eigenvalue weighted by atomic mass is 10.0. The van der Waals surface area contributed by atoms with E-state index in [9.17, 15) is 63.5 Å². The predicted molar refractivity (Wildman–Crippen MR) is 345 cm³/mol. The van der Waals surface area contributed by atoms with Crippen LogP contribution in [0.25, 0.3) is 0 Å². The van der Waals surface area contributed by atoms with Crippen LogP contribution in [0, 0.1) is 20.2 Å². The van der Waals surface area contributed by atoms with Crippen LogP contribution in [-0.2, 0) is 65.6 Å². The topological polar surface area (TPSA) is 366 Å². The summed E-state index contributed by atoms with van der Waals surface area (Å²) in [6.45, 7) is 14.4. The van der Waals surface area contributed by atoms with Gasteiger partial charge in [0, 0.05) is 140 Å². The number of hydrogen-bond donors (Lipinski definition) is 4. The zero-order chi connectivity index (χ0) is 68.0. The zero-order valence-electron chi connectivity index (χ0n) is 52.9. The van der Waals surface area contributed by atoms with E-state index in [1.165, 1.54) is 96.9 Å². The third-order valence-electron chi connectivity index (χ3n) is 17.6. The Kier molecular flexibility index (Phi) is 22.8. The summed E-state index contributed by atoms with van der Waals surface area (Å²) in [5.41, 5.74) is -1.70. The molecule has 8 aliphatic heterocycles. The Hall–Kier alpha value is -5.67. The first kappa shape index (κ1) is 72.6. The molecule has 0 radical (unpaired) electrons. The number of thioether (sulfide) groups is 1. The van der Waals surface area contributed by atoms with Gasteiger partial charge < -0.3 is 39.6 Å². The Morgan fingerprint density at radius 1 is 0.553 bits per heavy atom. The molecule has 94 heavy (non-hydrogen) atoms. The average molecular weight is 1410 g/mol. The highest BCUT2D eigenvalue weighted by atomic mass is 32.2. The van der Waals surface area contributed by atoms with Gasteiger partial charge >= 0.3 is 6.09 Å². The fourth-order valence-electron chi connectivity index (χ4n) is 12.5. The number of non-ortho nitro benzene ring substituents is 2. The molecule has 4 N–H and O–H groups in total. The van der Waals surface area contributed by atoms with Crippen LogP contribution in [0.4, 0.5) is 16.2 Å². The molecule has 0 saturated carbocycles. The van der Waals surface area contributed by atoms with Gasteiger partial charge in [-0.3, -0.25) is 30.3 Å². The van der Waals surface area contributed by atoms with E-state index in [4.69, 9.17) is 24.1 Å². The third kappa shape index (κ3) is 16.5. The van der Waals surface area contributed by atoms with Gasteiger partial charge in [0.2, 0.25) is 40.1 Å². The van der Waals surface area contributed by atoms with E-state index in [2.05, 4.69) is 16.0 Å². The summed E-state index contributed by atoms with van der Waals surface area (Å²) < 4.78 is 131. The first-order valence-electron chi connectivity index (χ1n) is 31.0. The number of amides is 1. The average Bonchev–Trinajstić information content (AvgIpc) is 1.51. The van der Waals surface area contributed by atoms with Gasteiger partial charge in [-0.05, 0) is 108 Å². The lowest BCUT2D eigenvalue weighted by Crippen LogP contribution is -2.56. The molecular formula is C60H82N10O19S5. The number of piperidine rings is 4. The second-order valence-corrected chi connectivity index (χ2v) is 33.8. The van der Waals surface area contributed by atoms with Crippen molar-refractivity contribution in [2.45, 2.75) is 133 Å². The molecular weight excluding hydrogens is 1330 g/mol. The van der Waals surface area contributed by atoms with Crippen LogP contribution in [-0.4, -0.2) is 214 Å². The number of nitro groups is 2. The number of rotatable bonds is 12. The molecule has 8 heterocycles. The van der Waals surface area contributed by atoms with E-state index in [0.717, 1.165) is 44.8 Å². The maximum atomic E-state index is 13.2. The van der Waals surface area contributed by atoms with Crippen molar-refractivity contribution < 1.29 is 77.2 Å². The maximum Gasteiger partial charge on any atom is 0.410 e. The van der Waals surface area contributed by atoms with E-state index in [1.54, 1.807) is 29.2 Å². The number of nitrogens with zero attached hydrogens (tertiary/aromatic N) is 7. The predicted octanol–water partition coefficient (Wildman–Crippen LogP) is 5.02. The molecule has 12 rings (SSSR count). The van der Waals surface area contributed by atoms with E-state index in [0.29, 0.717) is 115 Å². The maximum absolute atomic E-state index is 13.2. The van der Waals surface area contributed by atoms with E-state index < -0.39 is 73.1 Å². The molecule has 8 saturated heterocycles. The van der Waals surface area contributed by atoms with Gasteiger partial charge in [-0.2, -0.15) is 17.2 Å². The number of ketones is 1. The summed E-state index contributed by atoms with van der Waals surface area (Å²) >= 11 is 1.87. The second-order valence-electron chi connectivity index (χ2n) is 24.7. The van der Waals surface area contributed by atoms with Gasteiger partial charge in [0.25, 0.3) is 11.4 Å². The van der Waals surface area contributed by atoms with Crippen LogP contribution in [0.2, 0.25) is 0 Å². The molecule has 29 nitrogen and oxygen atoms in total. The number of nitro benzene ring substituents is 2. The molecule has 4 aromatic carbocycles. The highest BCUT2D eigenvalue weighted by Gasteiger charge is 2.52. The molecule has 0 aromatic heterocycles. The molecule has 0 bridgehead atoms. The summed E-state index contributed by atoms with van der Waals surface area (Å²) in [6, 6.07) is 22.4. The number of Topliss-reactive ketones (excluding diaryl/α,β-unsaturated/α-hetero) is 1. The van der Waals surface area contributed by atoms with Crippen LogP contribution in [0.15, 0.2) is 117 Å². The zero-order valence-corrected chi connectivity index (χ0v) is 57.0. The van der Waals surface area contributed by atoms with Crippen LogP contribution < -0.4 is 16.0 Å². The quantitative estimate of drug-likeness (QED) is 0.0821. The normalized spacial score (nSPS) is 21.6. The number of sulfonamides is 4. The standard InChI is InChI=1S/C19H28N2O6S.C15H20N2O4S.C13H17N3O5S.C13H17N3O4S2/c1-18(2,3)27-17(23)20-10-8-19(9-11-20)21(12-13-26-19)28(24,25)16-6-4-15(14-22)5-7-16;1-12(18)13-2-4-14(5-3-13)22(19,20)17-10-11-21-15(17)6-8-16-9-7-15;2*17-16(18)11-1-3-12(4-2-11)22(19,20)15-8-5-13(6-9-15)14-7-10-21-13/h4-7,22H,8-14H2,1-3H3;2-5,16H,6-11H2,1H3;2*1-4,14H,5-10H2. The van der Waals surface area contributed by atoms with Crippen molar-refractivity contribution in [1.29, 1.82) is 0 Å². The highest BCUT2D eigenvalue weighted by molar-refractivity contribution is 8.00. The number of likely N-dealkylation sites (tertiary alicyclic amines) is 1. The van der Waals surface area contributed by atoms with Crippen molar-refractivity contribution in [3.8, 4) is 0 Å². The van der Waals surface area contributed by atoms with Crippen LogP contribution in [0.5, 0.6) is 0 Å². The highest BCUT2D eigenvalue weighted by Crippen LogP contribution is 2.41. The SMILES string of the molecule is CC(=O)c1ccc(S(=O)(=O)N2CCOC23CCNCC3)cc1.CC(C)(C)OC(=O)N1CCC2(CC1)OCCN2S(=O)(=O)c1ccc(CO)cc1.O=[N+]([O-])c1ccc(S(=O)(=O)N2CCC3(CC2)NCCO3)cc1.O=[N+]([O-])c1ccc(S(=O)(=O)N2CCC3(CC2)NCCS3)cc1. The molecule has 0 aliphatic carbocycles. The molecule has 516 valence electrons. The fraction of sp³-hybridized carbons (Fsp3) is 0.567. The van der Waals surface area contributed by atoms with Crippen molar-refractivity contribution >= 4 is 75.1 Å². The minimum Gasteiger partial charge on any atom is -0.444 e. The van der Waals surface area contributed by atoms with Gasteiger partial charge in [0.1, 0.15) is 22.8 Å². The van der Waals surface area contributed by atoms with Gasteiger partial charge in [-0.1, -0.05) is 24.3 Å². The molecule has 8 aliphatic rings. The molecule has 1 amide bonds. The minimum absolute atomic E-state index is 0.0293. The molecule has 0 unspecified atom stereocenters. The van der Waals surface area contributed by atoms with Crippen molar-refractivity contribution in [2.75, 3.05) is 104 Å². The van der Waals surface area contributed by atoms with E-state index in [-0.39, 0.29) is 60.5 Å². The lowest BCUT2D eigenvalue weighted by Gasteiger charge is -2.42. The number of carbonyl (C=O) groups excluding carboxylic acids is 2. The molecule has 4 aromatic rings. The lowest BCUT2D eigenvalue weighted by molar-refractivity contribution is -0.385. The summed E-state index contributed by atoms with van der Waals surface area (Å²) in [6.07, 6.45) is 4.44.